The Morgan fingerprint density at radius 2 is 1.77 bits per heavy atom. The van der Waals surface area contributed by atoms with Crippen LogP contribution in [0.1, 0.15) is 44.6 Å². The summed E-state index contributed by atoms with van der Waals surface area (Å²) in [6.45, 7) is 4.53. The first-order chi connectivity index (χ1) is 12.1. The van der Waals surface area contributed by atoms with Gasteiger partial charge >= 0.3 is 12.1 Å². The number of carbonyl (C=O) groups excluding carboxylic acids is 2. The molecule has 8 heteroatoms. The normalized spacial score (nSPS) is 11.3. The van der Waals surface area contributed by atoms with Gasteiger partial charge in [-0.15, -0.1) is 0 Å². The van der Waals surface area contributed by atoms with Crippen LogP contribution in [0.25, 0.3) is 0 Å². The predicted octanol–water partition coefficient (Wildman–Crippen LogP) is 4.09. The van der Waals surface area contributed by atoms with E-state index in [0.717, 1.165) is 12.1 Å². The number of aromatic nitrogens is 1. The number of halogens is 3. The van der Waals surface area contributed by atoms with E-state index in [2.05, 4.69) is 4.98 Å². The summed E-state index contributed by atoms with van der Waals surface area (Å²) in [6, 6.07) is 4.24. The topological polar surface area (TPSA) is 68.4 Å². The van der Waals surface area contributed by atoms with Crippen LogP contribution in [0, 0.1) is 13.8 Å². The Kier molecular flexibility index (Phi) is 5.74. The molecule has 1 aromatic carbocycles. The summed E-state index contributed by atoms with van der Waals surface area (Å²) in [5, 5.41) is 0. The van der Waals surface area contributed by atoms with Crippen LogP contribution < -0.4 is 4.74 Å². The lowest BCUT2D eigenvalue weighted by atomic mass is 10.1. The summed E-state index contributed by atoms with van der Waals surface area (Å²) in [4.78, 5) is 27.5. The van der Waals surface area contributed by atoms with Crippen molar-refractivity contribution in [3.63, 3.8) is 0 Å². The SMILES string of the molecule is CCOC(=O)c1c(C)[nH]c(C)c1C(=O)COc1cccc(C(F)(F)F)c1. The quantitative estimate of drug-likeness (QED) is 0.615. The zero-order valence-electron chi connectivity index (χ0n) is 14.5. The van der Waals surface area contributed by atoms with Gasteiger partial charge in [-0.05, 0) is 39.0 Å². The number of alkyl halides is 3. The molecule has 1 aromatic heterocycles. The van der Waals surface area contributed by atoms with Gasteiger partial charge in [0.05, 0.1) is 23.3 Å². The van der Waals surface area contributed by atoms with E-state index in [0.29, 0.717) is 11.4 Å². The number of aryl methyl sites for hydroxylation is 2. The minimum Gasteiger partial charge on any atom is -0.485 e. The van der Waals surface area contributed by atoms with Crippen molar-refractivity contribution >= 4 is 11.8 Å². The highest BCUT2D eigenvalue weighted by molar-refractivity contribution is 6.08. The van der Waals surface area contributed by atoms with Gasteiger partial charge in [-0.3, -0.25) is 4.79 Å². The number of ether oxygens (including phenoxy) is 2. The summed E-state index contributed by atoms with van der Waals surface area (Å²) >= 11 is 0. The number of rotatable bonds is 6. The highest BCUT2D eigenvalue weighted by Crippen LogP contribution is 2.31. The lowest BCUT2D eigenvalue weighted by Gasteiger charge is -2.10. The number of hydrogen-bond acceptors (Lipinski definition) is 4. The summed E-state index contributed by atoms with van der Waals surface area (Å²) < 4.78 is 48.3. The maximum absolute atomic E-state index is 12.7. The molecule has 0 aliphatic rings. The standard InChI is InChI=1S/C18H18F3NO4/c1-4-25-17(24)16-11(3)22-10(2)15(16)14(23)9-26-13-7-5-6-12(8-13)18(19,20)21/h5-8,22H,4,9H2,1-3H3. The molecule has 0 spiro atoms. The number of Topliss-reactive ketones (excluding diaryl/α,β-unsaturated/α-hetero) is 1. The fourth-order valence-electron chi connectivity index (χ4n) is 2.57. The minimum atomic E-state index is -4.51. The number of carbonyl (C=O) groups is 2. The van der Waals surface area contributed by atoms with Crippen LogP contribution in [0.3, 0.4) is 0 Å². The molecule has 0 bridgehead atoms. The van der Waals surface area contributed by atoms with Gasteiger partial charge in [0, 0.05) is 11.4 Å². The Morgan fingerprint density at radius 3 is 2.38 bits per heavy atom. The summed E-state index contributed by atoms with van der Waals surface area (Å²) in [6.07, 6.45) is -4.51. The molecule has 0 amide bonds. The van der Waals surface area contributed by atoms with E-state index in [1.165, 1.54) is 12.1 Å². The van der Waals surface area contributed by atoms with Gasteiger partial charge in [0.15, 0.2) is 6.61 Å². The average molecular weight is 369 g/mol. The zero-order chi connectivity index (χ0) is 19.5. The van der Waals surface area contributed by atoms with Gasteiger partial charge in [0.25, 0.3) is 0 Å². The fourth-order valence-corrected chi connectivity index (χ4v) is 2.57. The summed E-state index contributed by atoms with van der Waals surface area (Å²) in [5.74, 6) is -1.26. The molecule has 0 saturated carbocycles. The van der Waals surface area contributed by atoms with Crippen molar-refractivity contribution in [3.8, 4) is 5.75 Å². The van der Waals surface area contributed by atoms with Gasteiger partial charge in [-0.2, -0.15) is 13.2 Å². The maximum atomic E-state index is 12.7. The molecule has 2 rings (SSSR count). The molecule has 26 heavy (non-hydrogen) atoms. The number of H-pyrrole nitrogens is 1. The minimum absolute atomic E-state index is 0.0872. The molecule has 0 radical (unpaired) electrons. The second kappa shape index (κ2) is 7.63. The largest absolute Gasteiger partial charge is 0.485 e. The molecule has 0 aliphatic carbocycles. The molecule has 5 nitrogen and oxygen atoms in total. The van der Waals surface area contributed by atoms with E-state index in [-0.39, 0.29) is 23.5 Å². The van der Waals surface area contributed by atoms with Crippen LogP contribution >= 0.6 is 0 Å². The van der Waals surface area contributed by atoms with Crippen LogP contribution in [0.4, 0.5) is 13.2 Å². The molecule has 0 atom stereocenters. The number of benzene rings is 1. The molecule has 140 valence electrons. The number of esters is 1. The Morgan fingerprint density at radius 1 is 1.12 bits per heavy atom. The van der Waals surface area contributed by atoms with Crippen molar-refractivity contribution in [1.29, 1.82) is 0 Å². The lowest BCUT2D eigenvalue weighted by molar-refractivity contribution is -0.137. The smallest absolute Gasteiger partial charge is 0.416 e. The second-order valence-electron chi connectivity index (χ2n) is 5.58. The monoisotopic (exact) mass is 369 g/mol. The lowest BCUT2D eigenvalue weighted by Crippen LogP contribution is -2.17. The zero-order valence-corrected chi connectivity index (χ0v) is 14.5. The second-order valence-corrected chi connectivity index (χ2v) is 5.58. The Bertz CT molecular complexity index is 824. The number of hydrogen-bond donors (Lipinski definition) is 1. The summed E-state index contributed by atoms with van der Waals surface area (Å²) in [5.41, 5.74) is 0.296. The van der Waals surface area contributed by atoms with E-state index in [9.17, 15) is 22.8 Å². The van der Waals surface area contributed by atoms with Crippen molar-refractivity contribution in [1.82, 2.24) is 4.98 Å². The number of nitrogens with one attached hydrogen (secondary N) is 1. The van der Waals surface area contributed by atoms with Gasteiger partial charge in [-0.1, -0.05) is 6.07 Å². The van der Waals surface area contributed by atoms with E-state index in [4.69, 9.17) is 9.47 Å². The van der Waals surface area contributed by atoms with Crippen molar-refractivity contribution in [2.45, 2.75) is 26.9 Å². The average Bonchev–Trinajstić information content (AvgIpc) is 2.86. The van der Waals surface area contributed by atoms with Crippen LogP contribution in [-0.4, -0.2) is 30.0 Å². The van der Waals surface area contributed by atoms with Crippen LogP contribution in [-0.2, 0) is 10.9 Å². The molecular formula is C18H18F3NO4. The van der Waals surface area contributed by atoms with Crippen molar-refractivity contribution < 1.29 is 32.2 Å². The highest BCUT2D eigenvalue weighted by Gasteiger charge is 2.31. The Hall–Kier alpha value is -2.77. The first-order valence-corrected chi connectivity index (χ1v) is 7.84. The third kappa shape index (κ3) is 4.25. The van der Waals surface area contributed by atoms with Crippen molar-refractivity contribution in [2.24, 2.45) is 0 Å². The van der Waals surface area contributed by atoms with Gasteiger partial charge in [0.2, 0.25) is 5.78 Å². The predicted molar refractivity (Wildman–Crippen MR) is 87.5 cm³/mol. The Labute approximate surface area is 148 Å². The molecule has 0 unspecified atom stereocenters. The molecule has 0 saturated heterocycles. The van der Waals surface area contributed by atoms with E-state index < -0.39 is 30.1 Å². The highest BCUT2D eigenvalue weighted by atomic mass is 19.4. The van der Waals surface area contributed by atoms with Crippen LogP contribution in [0.2, 0.25) is 0 Å². The first-order valence-electron chi connectivity index (χ1n) is 7.84. The maximum Gasteiger partial charge on any atom is 0.416 e. The Balaban J connectivity index is 2.20. The first kappa shape index (κ1) is 19.6. The number of ketones is 1. The van der Waals surface area contributed by atoms with Gasteiger partial charge in [0.1, 0.15) is 5.75 Å². The van der Waals surface area contributed by atoms with E-state index >= 15 is 0 Å². The van der Waals surface area contributed by atoms with E-state index in [1.807, 2.05) is 0 Å². The van der Waals surface area contributed by atoms with Crippen LogP contribution in [0.5, 0.6) is 5.75 Å². The van der Waals surface area contributed by atoms with Crippen molar-refractivity contribution in [3.05, 3.63) is 52.3 Å². The summed E-state index contributed by atoms with van der Waals surface area (Å²) in [7, 11) is 0. The van der Waals surface area contributed by atoms with Crippen LogP contribution in [0.15, 0.2) is 24.3 Å². The van der Waals surface area contributed by atoms with E-state index in [1.54, 1.807) is 20.8 Å². The molecule has 1 heterocycles. The van der Waals surface area contributed by atoms with Gasteiger partial charge < -0.3 is 14.5 Å². The molecule has 0 aliphatic heterocycles. The molecule has 0 fully saturated rings. The number of aromatic amines is 1. The molecule has 2 aromatic rings. The van der Waals surface area contributed by atoms with Crippen molar-refractivity contribution in [2.75, 3.05) is 13.2 Å². The molecule has 1 N–H and O–H groups in total. The molecular weight excluding hydrogens is 351 g/mol. The third-order valence-corrected chi connectivity index (χ3v) is 3.66. The van der Waals surface area contributed by atoms with Gasteiger partial charge in [-0.25, -0.2) is 4.79 Å². The third-order valence-electron chi connectivity index (χ3n) is 3.66. The fraction of sp³-hybridized carbons (Fsp3) is 0.333.